The van der Waals surface area contributed by atoms with Gasteiger partial charge in [-0.05, 0) is 30.1 Å². The van der Waals surface area contributed by atoms with Gasteiger partial charge in [0.05, 0.1) is 6.54 Å². The van der Waals surface area contributed by atoms with Crippen molar-refractivity contribution in [3.05, 3.63) is 18.2 Å². The van der Waals surface area contributed by atoms with Gasteiger partial charge in [0.15, 0.2) is 11.6 Å². The highest BCUT2D eigenvalue weighted by Crippen LogP contribution is 2.29. The van der Waals surface area contributed by atoms with Gasteiger partial charge in [-0.25, -0.2) is 19.6 Å². The average Bonchev–Trinajstić information content (AvgIpc) is 3.21. The molecule has 1 fully saturated rings. The third-order valence-corrected chi connectivity index (χ3v) is 4.87. The maximum atomic E-state index is 4.83. The van der Waals surface area contributed by atoms with Crippen molar-refractivity contribution in [1.29, 1.82) is 0 Å². The highest BCUT2D eigenvalue weighted by Gasteiger charge is 2.22. The first-order chi connectivity index (χ1) is 12.8. The molecule has 9 heteroatoms. The van der Waals surface area contributed by atoms with Gasteiger partial charge < -0.3 is 14.4 Å². The van der Waals surface area contributed by atoms with E-state index in [1.165, 1.54) is 25.7 Å². The van der Waals surface area contributed by atoms with Crippen LogP contribution in [0, 0.1) is 0 Å². The van der Waals surface area contributed by atoms with Gasteiger partial charge >= 0.3 is 0 Å². The minimum Gasteiger partial charge on any atom is -0.353 e. The average molecular weight is 356 g/mol. The Morgan fingerprint density at radius 3 is 2.54 bits per heavy atom. The monoisotopic (exact) mass is 356 g/mol. The number of nitrogens with zero attached hydrogens (tertiary/aromatic N) is 8. The van der Waals surface area contributed by atoms with Crippen LogP contribution in [0.25, 0.3) is 11.3 Å². The van der Waals surface area contributed by atoms with Crippen LogP contribution in [0.3, 0.4) is 0 Å². The molecule has 1 aliphatic heterocycles. The predicted molar refractivity (Wildman–Crippen MR) is 98.1 cm³/mol. The van der Waals surface area contributed by atoms with Crippen molar-refractivity contribution in [2.45, 2.75) is 45.7 Å². The van der Waals surface area contributed by atoms with E-state index in [0.29, 0.717) is 17.8 Å². The van der Waals surface area contributed by atoms with Crippen LogP contribution in [0.4, 0.5) is 11.6 Å². The van der Waals surface area contributed by atoms with Gasteiger partial charge in [-0.3, -0.25) is 0 Å². The molecule has 4 heterocycles. The summed E-state index contributed by atoms with van der Waals surface area (Å²) in [4.78, 5) is 18.3. The number of anilines is 2. The van der Waals surface area contributed by atoms with E-state index in [1.54, 1.807) is 0 Å². The van der Waals surface area contributed by atoms with E-state index < -0.39 is 0 Å². The first-order valence-corrected chi connectivity index (χ1v) is 9.22. The summed E-state index contributed by atoms with van der Waals surface area (Å²) in [6.07, 6.45) is 8.68. The van der Waals surface area contributed by atoms with Crippen molar-refractivity contribution < 1.29 is 4.63 Å². The van der Waals surface area contributed by atoms with Gasteiger partial charge in [0.2, 0.25) is 11.3 Å². The first-order valence-electron chi connectivity index (χ1n) is 9.22. The molecule has 0 spiro atoms. The van der Waals surface area contributed by atoms with Crippen molar-refractivity contribution in [2.75, 3.05) is 29.9 Å². The molecule has 138 valence electrons. The lowest BCUT2D eigenvalue weighted by Gasteiger charge is -2.27. The Morgan fingerprint density at radius 1 is 1.08 bits per heavy atom. The largest absolute Gasteiger partial charge is 0.353 e. The number of fused-ring (bicyclic) bond motifs is 1. The SMILES string of the molecule is CCn1ccnc1CN(C)c1nc2nonc2nc1N1CCCCCC1. The maximum Gasteiger partial charge on any atom is 0.245 e. The van der Waals surface area contributed by atoms with Crippen LogP contribution < -0.4 is 9.80 Å². The number of aryl methyl sites for hydroxylation is 1. The molecular weight excluding hydrogens is 332 g/mol. The highest BCUT2D eigenvalue weighted by molar-refractivity contribution is 5.74. The Balaban J connectivity index is 1.70. The molecule has 0 radical (unpaired) electrons. The molecule has 1 aliphatic rings. The molecule has 0 aliphatic carbocycles. The molecule has 9 nitrogen and oxygen atoms in total. The summed E-state index contributed by atoms with van der Waals surface area (Å²) in [6.45, 7) is 5.61. The van der Waals surface area contributed by atoms with Crippen molar-refractivity contribution in [3.8, 4) is 0 Å². The predicted octanol–water partition coefficient (Wildman–Crippen LogP) is 2.25. The zero-order chi connectivity index (χ0) is 17.9. The van der Waals surface area contributed by atoms with Gasteiger partial charge in [-0.2, -0.15) is 0 Å². The zero-order valence-electron chi connectivity index (χ0n) is 15.3. The molecule has 26 heavy (non-hydrogen) atoms. The molecule has 0 aromatic carbocycles. The Morgan fingerprint density at radius 2 is 1.81 bits per heavy atom. The normalized spacial score (nSPS) is 15.4. The van der Waals surface area contributed by atoms with Crippen LogP contribution in [0.5, 0.6) is 0 Å². The Kier molecular flexibility index (Phi) is 4.68. The van der Waals surface area contributed by atoms with Crippen LogP contribution in [0.2, 0.25) is 0 Å². The van der Waals surface area contributed by atoms with Crippen LogP contribution >= 0.6 is 0 Å². The van der Waals surface area contributed by atoms with Gasteiger partial charge in [0.1, 0.15) is 5.82 Å². The molecule has 0 N–H and O–H groups in total. The second-order valence-corrected chi connectivity index (χ2v) is 6.67. The van der Waals surface area contributed by atoms with E-state index in [1.807, 2.05) is 19.4 Å². The fourth-order valence-corrected chi connectivity index (χ4v) is 3.44. The minimum absolute atomic E-state index is 0.434. The van der Waals surface area contributed by atoms with Crippen molar-refractivity contribution in [3.63, 3.8) is 0 Å². The standard InChI is InChI=1S/C17H24N8O/c1-3-24-11-8-18-13(24)12-23(2)16-17(25-9-6-4-5-7-10-25)20-15-14(19-16)21-26-22-15/h8,11H,3-7,9-10,12H2,1-2H3. The Bertz CT molecular complexity index is 865. The van der Waals surface area contributed by atoms with Crippen molar-refractivity contribution in [1.82, 2.24) is 29.8 Å². The smallest absolute Gasteiger partial charge is 0.245 e. The van der Waals surface area contributed by atoms with E-state index in [-0.39, 0.29) is 0 Å². The molecule has 0 saturated carbocycles. The molecule has 3 aromatic rings. The molecule has 4 rings (SSSR count). The van der Waals surface area contributed by atoms with E-state index in [0.717, 1.165) is 37.1 Å². The number of imidazole rings is 1. The summed E-state index contributed by atoms with van der Waals surface area (Å²) in [7, 11) is 2.01. The first kappa shape index (κ1) is 16.7. The summed E-state index contributed by atoms with van der Waals surface area (Å²) < 4.78 is 6.96. The third kappa shape index (κ3) is 3.21. The fourth-order valence-electron chi connectivity index (χ4n) is 3.44. The summed E-state index contributed by atoms with van der Waals surface area (Å²) in [6, 6.07) is 0. The topological polar surface area (TPSA) is 89.0 Å². The number of hydrogen-bond donors (Lipinski definition) is 0. The molecular formula is C17H24N8O. The summed E-state index contributed by atoms with van der Waals surface area (Å²) in [5.74, 6) is 2.64. The Labute approximate surface area is 152 Å². The lowest BCUT2D eigenvalue weighted by molar-refractivity contribution is 0.314. The minimum atomic E-state index is 0.434. The van der Waals surface area contributed by atoms with Crippen LogP contribution in [0.1, 0.15) is 38.4 Å². The molecule has 0 atom stereocenters. The molecule has 0 bridgehead atoms. The van der Waals surface area contributed by atoms with Crippen molar-refractivity contribution in [2.24, 2.45) is 0 Å². The number of hydrogen-bond acceptors (Lipinski definition) is 8. The number of aromatic nitrogens is 6. The van der Waals surface area contributed by atoms with E-state index in [4.69, 9.17) is 14.6 Å². The maximum absolute atomic E-state index is 4.83. The lowest BCUT2D eigenvalue weighted by atomic mass is 10.2. The second-order valence-electron chi connectivity index (χ2n) is 6.67. The van der Waals surface area contributed by atoms with Gasteiger partial charge in [-0.1, -0.05) is 12.8 Å². The Hall–Kier alpha value is -2.71. The second kappa shape index (κ2) is 7.27. The van der Waals surface area contributed by atoms with E-state index >= 15 is 0 Å². The van der Waals surface area contributed by atoms with E-state index in [9.17, 15) is 0 Å². The summed E-state index contributed by atoms with van der Waals surface area (Å²) in [5, 5.41) is 7.75. The molecule has 3 aromatic heterocycles. The van der Waals surface area contributed by atoms with Gasteiger partial charge in [0.25, 0.3) is 0 Å². The van der Waals surface area contributed by atoms with Crippen molar-refractivity contribution >= 4 is 22.9 Å². The molecule has 0 unspecified atom stereocenters. The quantitative estimate of drug-likeness (QED) is 0.688. The van der Waals surface area contributed by atoms with Crippen LogP contribution in [-0.4, -0.2) is 50.0 Å². The fraction of sp³-hybridized carbons (Fsp3) is 0.588. The summed E-state index contributed by atoms with van der Waals surface area (Å²) >= 11 is 0. The van der Waals surface area contributed by atoms with Gasteiger partial charge in [-0.15, -0.1) is 0 Å². The summed E-state index contributed by atoms with van der Waals surface area (Å²) in [5.41, 5.74) is 0.890. The lowest BCUT2D eigenvalue weighted by Crippen LogP contribution is -2.29. The number of rotatable bonds is 5. The molecule has 1 saturated heterocycles. The highest BCUT2D eigenvalue weighted by atomic mass is 16.6. The van der Waals surface area contributed by atoms with Gasteiger partial charge in [0, 0.05) is 39.1 Å². The third-order valence-electron chi connectivity index (χ3n) is 4.87. The molecule has 0 amide bonds. The zero-order valence-corrected chi connectivity index (χ0v) is 15.3. The van der Waals surface area contributed by atoms with Crippen LogP contribution in [0.15, 0.2) is 17.0 Å². The van der Waals surface area contributed by atoms with Crippen LogP contribution in [-0.2, 0) is 13.1 Å². The van der Waals surface area contributed by atoms with E-state index in [2.05, 4.69) is 36.6 Å².